The summed E-state index contributed by atoms with van der Waals surface area (Å²) in [6.45, 7) is 6.49. The highest BCUT2D eigenvalue weighted by Gasteiger charge is 2.27. The van der Waals surface area contributed by atoms with E-state index in [1.54, 1.807) is 6.92 Å². The molecule has 0 saturated heterocycles. The second-order valence-corrected chi connectivity index (χ2v) is 6.92. The van der Waals surface area contributed by atoms with Gasteiger partial charge in [0.15, 0.2) is 0 Å². The summed E-state index contributed by atoms with van der Waals surface area (Å²) in [7, 11) is 1.49. The fraction of sp³-hybridized carbons (Fsp3) is 0.400. The molecule has 0 spiro atoms. The van der Waals surface area contributed by atoms with Gasteiger partial charge in [0.1, 0.15) is 11.4 Å². The van der Waals surface area contributed by atoms with Crippen LogP contribution in [0.15, 0.2) is 34.6 Å². The number of aryl methyl sites for hydroxylation is 1. The maximum Gasteiger partial charge on any atom is 0.304 e. The summed E-state index contributed by atoms with van der Waals surface area (Å²) in [4.78, 5) is 16.2. The molecule has 0 fully saturated rings. The Bertz CT molecular complexity index is 911. The van der Waals surface area contributed by atoms with Crippen LogP contribution in [0.25, 0.3) is 0 Å². The molecule has 2 heterocycles. The average Bonchev–Trinajstić information content (AvgIpc) is 3.03. The minimum absolute atomic E-state index is 0.132. The van der Waals surface area contributed by atoms with E-state index < -0.39 is 5.56 Å². The molecular formula is C20H25N3O3. The summed E-state index contributed by atoms with van der Waals surface area (Å²) in [5.41, 5.74) is 4.99. The van der Waals surface area contributed by atoms with Gasteiger partial charge in [0.05, 0.1) is 7.11 Å². The van der Waals surface area contributed by atoms with Crippen molar-refractivity contribution in [3.63, 3.8) is 0 Å². The van der Waals surface area contributed by atoms with Crippen LogP contribution in [0.4, 0.5) is 5.69 Å². The Morgan fingerprint density at radius 3 is 2.92 bits per heavy atom. The van der Waals surface area contributed by atoms with Gasteiger partial charge < -0.3 is 15.3 Å². The van der Waals surface area contributed by atoms with Crippen molar-refractivity contribution < 1.29 is 9.94 Å². The quantitative estimate of drug-likeness (QED) is 0.637. The van der Waals surface area contributed by atoms with E-state index in [4.69, 9.17) is 4.74 Å². The lowest BCUT2D eigenvalue weighted by atomic mass is 9.94. The third-order valence-electron chi connectivity index (χ3n) is 4.79. The standard InChI is InChI=1S/C20H25N3O3/c1-12(2)8-9-14-6-5-7-16-15(11-21-18(14)16)10-17-19(26-4)22-13(3)20(24)23(17)25/h5-8,15,21,25H,9-11H2,1-4H3. The topological polar surface area (TPSA) is 76.4 Å². The molecule has 0 amide bonds. The van der Waals surface area contributed by atoms with Gasteiger partial charge in [0.25, 0.3) is 0 Å². The first-order valence-electron chi connectivity index (χ1n) is 8.77. The van der Waals surface area contributed by atoms with Gasteiger partial charge >= 0.3 is 5.56 Å². The zero-order valence-electron chi connectivity index (χ0n) is 15.7. The van der Waals surface area contributed by atoms with E-state index in [9.17, 15) is 10.0 Å². The number of hydrogen-bond acceptors (Lipinski definition) is 5. The third-order valence-corrected chi connectivity index (χ3v) is 4.79. The molecule has 3 rings (SSSR count). The lowest BCUT2D eigenvalue weighted by Gasteiger charge is -2.15. The van der Waals surface area contributed by atoms with E-state index in [1.807, 2.05) is 0 Å². The van der Waals surface area contributed by atoms with Crippen molar-refractivity contribution in [1.82, 2.24) is 9.71 Å². The summed E-state index contributed by atoms with van der Waals surface area (Å²) < 4.78 is 5.96. The Labute approximate surface area is 153 Å². The van der Waals surface area contributed by atoms with Crippen molar-refractivity contribution in [3.8, 4) is 5.88 Å². The number of benzene rings is 1. The number of nitrogens with one attached hydrogen (secondary N) is 1. The van der Waals surface area contributed by atoms with E-state index >= 15 is 0 Å². The predicted molar refractivity (Wildman–Crippen MR) is 101 cm³/mol. The molecule has 0 aliphatic carbocycles. The van der Waals surface area contributed by atoms with Crippen LogP contribution in [0, 0.1) is 6.92 Å². The van der Waals surface area contributed by atoms with Crippen LogP contribution in [0.3, 0.4) is 0 Å². The molecule has 6 nitrogen and oxygen atoms in total. The first-order chi connectivity index (χ1) is 12.4. The van der Waals surface area contributed by atoms with E-state index in [0.29, 0.717) is 22.7 Å². The van der Waals surface area contributed by atoms with Crippen molar-refractivity contribution in [3.05, 3.63) is 62.7 Å². The molecule has 2 aromatic rings. The molecular weight excluding hydrogens is 330 g/mol. The number of hydrogen-bond donors (Lipinski definition) is 2. The van der Waals surface area contributed by atoms with Crippen LogP contribution in [-0.4, -0.2) is 28.6 Å². The van der Waals surface area contributed by atoms with E-state index in [2.05, 4.69) is 48.4 Å². The molecule has 138 valence electrons. The average molecular weight is 355 g/mol. The van der Waals surface area contributed by atoms with Gasteiger partial charge in [-0.3, -0.25) is 4.79 Å². The summed E-state index contributed by atoms with van der Waals surface area (Å²) in [5.74, 6) is 0.423. The van der Waals surface area contributed by atoms with Crippen molar-refractivity contribution in [2.75, 3.05) is 19.0 Å². The Kier molecular flexibility index (Phi) is 5.02. The van der Waals surface area contributed by atoms with E-state index in [0.717, 1.165) is 18.7 Å². The lowest BCUT2D eigenvalue weighted by Crippen LogP contribution is -2.27. The van der Waals surface area contributed by atoms with Crippen LogP contribution in [0.2, 0.25) is 0 Å². The molecule has 1 aromatic carbocycles. The molecule has 1 aromatic heterocycles. The number of nitrogens with zero attached hydrogens (tertiary/aromatic N) is 2. The van der Waals surface area contributed by atoms with E-state index in [1.165, 1.54) is 23.8 Å². The molecule has 0 saturated carbocycles. The highest BCUT2D eigenvalue weighted by atomic mass is 16.5. The van der Waals surface area contributed by atoms with Gasteiger partial charge in [0, 0.05) is 24.6 Å². The van der Waals surface area contributed by atoms with Crippen molar-refractivity contribution in [2.24, 2.45) is 0 Å². The number of anilines is 1. The minimum Gasteiger partial charge on any atom is -0.480 e. The number of methoxy groups -OCH3 is 1. The third kappa shape index (κ3) is 3.31. The second-order valence-electron chi connectivity index (χ2n) is 6.92. The molecule has 0 bridgehead atoms. The van der Waals surface area contributed by atoms with Gasteiger partial charge in [-0.2, -0.15) is 0 Å². The first-order valence-corrected chi connectivity index (χ1v) is 8.77. The first kappa shape index (κ1) is 18.0. The lowest BCUT2D eigenvalue weighted by molar-refractivity contribution is 0.156. The Balaban J connectivity index is 1.94. The van der Waals surface area contributed by atoms with Crippen molar-refractivity contribution in [1.29, 1.82) is 0 Å². The second kappa shape index (κ2) is 7.23. The van der Waals surface area contributed by atoms with E-state index in [-0.39, 0.29) is 11.6 Å². The summed E-state index contributed by atoms with van der Waals surface area (Å²) in [6.07, 6.45) is 3.56. The molecule has 2 N–H and O–H groups in total. The zero-order valence-corrected chi connectivity index (χ0v) is 15.7. The SMILES string of the molecule is COc1nc(C)c(=O)n(O)c1CC1CNc2c(CC=C(C)C)cccc21. The summed E-state index contributed by atoms with van der Waals surface area (Å²) in [6, 6.07) is 6.28. The number of para-hydroxylation sites is 1. The highest BCUT2D eigenvalue weighted by molar-refractivity contribution is 5.64. The number of allylic oxidation sites excluding steroid dienone is 2. The molecule has 1 unspecified atom stereocenters. The smallest absolute Gasteiger partial charge is 0.304 e. The maximum atomic E-state index is 12.1. The Morgan fingerprint density at radius 1 is 1.46 bits per heavy atom. The van der Waals surface area contributed by atoms with Crippen LogP contribution in [-0.2, 0) is 12.8 Å². The zero-order chi connectivity index (χ0) is 18.8. The Hall–Kier alpha value is -2.76. The highest BCUT2D eigenvalue weighted by Crippen LogP contribution is 2.37. The normalized spacial score (nSPS) is 15.3. The van der Waals surface area contributed by atoms with Gasteiger partial charge in [-0.15, -0.1) is 4.73 Å². The van der Waals surface area contributed by atoms with Crippen LogP contribution in [0.5, 0.6) is 5.88 Å². The number of rotatable bonds is 5. The number of aromatic nitrogens is 2. The maximum absolute atomic E-state index is 12.1. The summed E-state index contributed by atoms with van der Waals surface area (Å²) in [5, 5.41) is 13.7. The fourth-order valence-electron chi connectivity index (χ4n) is 3.38. The molecule has 26 heavy (non-hydrogen) atoms. The minimum atomic E-state index is -0.510. The molecule has 1 aliphatic heterocycles. The molecule has 0 radical (unpaired) electrons. The largest absolute Gasteiger partial charge is 0.480 e. The van der Waals surface area contributed by atoms with Crippen LogP contribution in [0.1, 0.15) is 42.3 Å². The molecule has 1 atom stereocenters. The predicted octanol–water partition coefficient (Wildman–Crippen LogP) is 3.06. The van der Waals surface area contributed by atoms with Gasteiger partial charge in [-0.05, 0) is 38.3 Å². The summed E-state index contributed by atoms with van der Waals surface area (Å²) >= 11 is 0. The molecule has 6 heteroatoms. The van der Waals surface area contributed by atoms with Crippen molar-refractivity contribution >= 4 is 5.69 Å². The Morgan fingerprint density at radius 2 is 2.23 bits per heavy atom. The van der Waals surface area contributed by atoms with Crippen molar-refractivity contribution in [2.45, 2.75) is 39.5 Å². The van der Waals surface area contributed by atoms with Crippen LogP contribution < -0.4 is 15.6 Å². The van der Waals surface area contributed by atoms with Gasteiger partial charge in [0.2, 0.25) is 5.88 Å². The van der Waals surface area contributed by atoms with Gasteiger partial charge in [-0.1, -0.05) is 29.8 Å². The fourth-order valence-corrected chi connectivity index (χ4v) is 3.38. The van der Waals surface area contributed by atoms with Crippen LogP contribution >= 0.6 is 0 Å². The molecule has 1 aliphatic rings. The number of ether oxygens (including phenoxy) is 1. The van der Waals surface area contributed by atoms with Gasteiger partial charge in [-0.25, -0.2) is 4.98 Å². The number of fused-ring (bicyclic) bond motifs is 1. The monoisotopic (exact) mass is 355 g/mol.